The summed E-state index contributed by atoms with van der Waals surface area (Å²) in [5, 5.41) is 19.6. The van der Waals surface area contributed by atoms with Crippen LogP contribution in [0.5, 0.6) is 11.5 Å². The Kier molecular flexibility index (Phi) is 9.67. The number of aryl methyl sites for hydroxylation is 2. The molecule has 0 radical (unpaired) electrons. The number of halogens is 1. The van der Waals surface area contributed by atoms with Crippen molar-refractivity contribution in [2.24, 2.45) is 5.10 Å². The summed E-state index contributed by atoms with van der Waals surface area (Å²) in [6.45, 7) is 7.33. The highest BCUT2D eigenvalue weighted by atomic mass is 35.5. The van der Waals surface area contributed by atoms with Crippen LogP contribution in [0, 0.1) is 24.0 Å². The maximum atomic E-state index is 13.9. The van der Waals surface area contributed by atoms with Gasteiger partial charge in [0.25, 0.3) is 11.5 Å². The van der Waals surface area contributed by atoms with Crippen molar-refractivity contribution < 1.29 is 19.2 Å². The second-order valence-corrected chi connectivity index (χ2v) is 11.6. The number of benzene rings is 4. The number of fused-ring (bicyclic) bond motifs is 1. The SMILES string of the molecule is COc1cc(C)c(-c2nc3ccccc3c(=O)n2N=Cc2cc(Cl)cc([N+](=O)[O-])c2OCC(=O)Nc2ccc(C)cc2)cc1C(C)C. The zero-order valence-electron chi connectivity index (χ0n) is 26.4. The molecule has 0 fully saturated rings. The number of ether oxygens (including phenoxy) is 2. The molecule has 0 saturated carbocycles. The molecule has 0 aliphatic rings. The van der Waals surface area contributed by atoms with Crippen LogP contribution in [0.15, 0.2) is 82.7 Å². The molecule has 0 atom stereocenters. The van der Waals surface area contributed by atoms with Crippen LogP contribution in [0.25, 0.3) is 22.3 Å². The number of carbonyl (C=O) groups is 1. The third kappa shape index (κ3) is 7.15. The minimum atomic E-state index is -0.667. The topological polar surface area (TPSA) is 138 Å². The molecule has 47 heavy (non-hydrogen) atoms. The van der Waals surface area contributed by atoms with Gasteiger partial charge in [-0.1, -0.05) is 55.3 Å². The average molecular weight is 654 g/mol. The second-order valence-electron chi connectivity index (χ2n) is 11.2. The predicted octanol–water partition coefficient (Wildman–Crippen LogP) is 7.27. The van der Waals surface area contributed by atoms with Crippen LogP contribution in [0.3, 0.4) is 0 Å². The van der Waals surface area contributed by atoms with E-state index in [-0.39, 0.29) is 28.1 Å². The molecular weight excluding hydrogens is 622 g/mol. The van der Waals surface area contributed by atoms with Gasteiger partial charge in [0.15, 0.2) is 12.4 Å². The largest absolute Gasteiger partial charge is 0.496 e. The Morgan fingerprint density at radius 1 is 1.11 bits per heavy atom. The van der Waals surface area contributed by atoms with Crippen LogP contribution in [0.4, 0.5) is 11.4 Å². The molecule has 0 aliphatic carbocycles. The fourth-order valence-electron chi connectivity index (χ4n) is 5.05. The zero-order valence-corrected chi connectivity index (χ0v) is 27.2. The van der Waals surface area contributed by atoms with E-state index in [1.165, 1.54) is 12.3 Å². The van der Waals surface area contributed by atoms with E-state index in [1.54, 1.807) is 43.5 Å². The number of hydrogen-bond acceptors (Lipinski definition) is 8. The van der Waals surface area contributed by atoms with E-state index < -0.39 is 28.7 Å². The van der Waals surface area contributed by atoms with E-state index >= 15 is 0 Å². The Balaban J connectivity index is 1.61. The molecule has 0 bridgehead atoms. The molecule has 5 rings (SSSR count). The summed E-state index contributed by atoms with van der Waals surface area (Å²) >= 11 is 6.27. The Bertz CT molecular complexity index is 2090. The lowest BCUT2D eigenvalue weighted by Gasteiger charge is -2.17. The predicted molar refractivity (Wildman–Crippen MR) is 183 cm³/mol. The highest BCUT2D eigenvalue weighted by Gasteiger charge is 2.23. The van der Waals surface area contributed by atoms with Crippen molar-refractivity contribution in [3.05, 3.63) is 121 Å². The van der Waals surface area contributed by atoms with Gasteiger partial charge >= 0.3 is 5.69 Å². The summed E-state index contributed by atoms with van der Waals surface area (Å²) in [5.41, 5.74) is 3.54. The van der Waals surface area contributed by atoms with E-state index in [9.17, 15) is 19.7 Å². The number of nitrogens with zero attached hydrogens (tertiary/aromatic N) is 4. The maximum Gasteiger partial charge on any atom is 0.313 e. The summed E-state index contributed by atoms with van der Waals surface area (Å²) in [4.78, 5) is 42.8. The third-order valence-electron chi connectivity index (χ3n) is 7.45. The fraction of sp³-hybridized carbons (Fsp3) is 0.200. The Labute approximate surface area is 275 Å². The van der Waals surface area contributed by atoms with Gasteiger partial charge in [-0.25, -0.2) is 4.98 Å². The van der Waals surface area contributed by atoms with E-state index in [1.807, 2.05) is 52.0 Å². The quantitative estimate of drug-likeness (QED) is 0.0950. The minimum Gasteiger partial charge on any atom is -0.496 e. The van der Waals surface area contributed by atoms with Crippen LogP contribution in [0.1, 0.15) is 42.0 Å². The molecule has 0 spiro atoms. The first-order valence-electron chi connectivity index (χ1n) is 14.7. The number of methoxy groups -OCH3 is 1. The summed E-state index contributed by atoms with van der Waals surface area (Å²) in [6.07, 6.45) is 1.23. The summed E-state index contributed by atoms with van der Waals surface area (Å²) in [7, 11) is 1.60. The van der Waals surface area contributed by atoms with Crippen molar-refractivity contribution in [3.63, 3.8) is 0 Å². The fourth-order valence-corrected chi connectivity index (χ4v) is 5.27. The lowest BCUT2D eigenvalue weighted by molar-refractivity contribution is -0.385. The van der Waals surface area contributed by atoms with Gasteiger partial charge in [0.2, 0.25) is 5.75 Å². The van der Waals surface area contributed by atoms with Crippen LogP contribution in [-0.4, -0.2) is 40.4 Å². The molecule has 240 valence electrons. The van der Waals surface area contributed by atoms with Crippen LogP contribution >= 0.6 is 11.6 Å². The van der Waals surface area contributed by atoms with Gasteiger partial charge in [-0.3, -0.25) is 19.7 Å². The number of aromatic nitrogens is 2. The van der Waals surface area contributed by atoms with E-state index in [0.29, 0.717) is 27.9 Å². The van der Waals surface area contributed by atoms with Crippen molar-refractivity contribution in [2.75, 3.05) is 19.0 Å². The maximum absolute atomic E-state index is 13.9. The highest BCUT2D eigenvalue weighted by molar-refractivity contribution is 6.31. The molecule has 1 aromatic heterocycles. The molecule has 12 heteroatoms. The number of rotatable bonds is 10. The molecular formula is C35H32ClN5O6. The molecule has 0 saturated heterocycles. The summed E-state index contributed by atoms with van der Waals surface area (Å²) in [5.74, 6) is 0.285. The van der Waals surface area contributed by atoms with Gasteiger partial charge in [-0.2, -0.15) is 9.78 Å². The van der Waals surface area contributed by atoms with E-state index in [0.717, 1.165) is 27.4 Å². The first kappa shape index (κ1) is 32.8. The van der Waals surface area contributed by atoms with Gasteiger partial charge in [-0.15, -0.1) is 0 Å². The van der Waals surface area contributed by atoms with E-state index in [4.69, 9.17) is 26.1 Å². The Morgan fingerprint density at radius 3 is 2.51 bits per heavy atom. The Morgan fingerprint density at radius 2 is 1.83 bits per heavy atom. The number of anilines is 1. The lowest BCUT2D eigenvalue weighted by atomic mass is 9.96. The molecule has 0 aliphatic heterocycles. The second kappa shape index (κ2) is 13.8. The first-order valence-corrected chi connectivity index (χ1v) is 15.1. The minimum absolute atomic E-state index is 0.0337. The molecule has 5 aromatic rings. The smallest absolute Gasteiger partial charge is 0.313 e. The molecule has 1 N–H and O–H groups in total. The lowest BCUT2D eigenvalue weighted by Crippen LogP contribution is -2.21. The van der Waals surface area contributed by atoms with Crippen LogP contribution in [0.2, 0.25) is 5.02 Å². The standard InChI is InChI=1S/C35H32ClN5O6/c1-20(2)27-17-28(22(4)14-31(27)46-5)34-39-29-9-7-6-8-26(29)35(43)40(34)37-18-23-15-24(36)16-30(41(44)45)33(23)47-19-32(42)38-25-12-10-21(3)11-13-25/h6-18,20H,19H2,1-5H3,(H,38,42). The van der Waals surface area contributed by atoms with Crippen LogP contribution < -0.4 is 20.3 Å². The Hall–Kier alpha value is -5.55. The van der Waals surface area contributed by atoms with Crippen molar-refractivity contribution in [3.8, 4) is 22.9 Å². The molecule has 11 nitrogen and oxygen atoms in total. The van der Waals surface area contributed by atoms with Gasteiger partial charge < -0.3 is 14.8 Å². The molecule has 1 heterocycles. The number of amides is 1. The molecule has 1 amide bonds. The summed E-state index contributed by atoms with van der Waals surface area (Å²) < 4.78 is 12.5. The first-order chi connectivity index (χ1) is 22.5. The molecule has 0 unspecified atom stereocenters. The number of carbonyl (C=O) groups excluding carboxylic acids is 1. The highest BCUT2D eigenvalue weighted by Crippen LogP contribution is 2.35. The third-order valence-corrected chi connectivity index (χ3v) is 7.67. The van der Waals surface area contributed by atoms with Crippen molar-refractivity contribution in [1.29, 1.82) is 0 Å². The number of para-hydroxylation sites is 1. The average Bonchev–Trinajstić information content (AvgIpc) is 3.04. The summed E-state index contributed by atoms with van der Waals surface area (Å²) in [6, 6.07) is 20.4. The van der Waals surface area contributed by atoms with Gasteiger partial charge in [0.05, 0.1) is 29.2 Å². The zero-order chi connectivity index (χ0) is 33.8. The van der Waals surface area contributed by atoms with Crippen molar-refractivity contribution >= 4 is 46.0 Å². The van der Waals surface area contributed by atoms with E-state index in [2.05, 4.69) is 10.4 Å². The van der Waals surface area contributed by atoms with Crippen LogP contribution in [-0.2, 0) is 4.79 Å². The van der Waals surface area contributed by atoms with Gasteiger partial charge in [0, 0.05) is 27.9 Å². The van der Waals surface area contributed by atoms with Crippen molar-refractivity contribution in [1.82, 2.24) is 9.66 Å². The number of nitro groups is 1. The number of nitro benzene ring substituents is 1. The van der Waals surface area contributed by atoms with Gasteiger partial charge in [-0.05, 0) is 73.4 Å². The van der Waals surface area contributed by atoms with Gasteiger partial charge in [0.1, 0.15) is 5.75 Å². The number of hydrogen-bond donors (Lipinski definition) is 1. The van der Waals surface area contributed by atoms with Crippen molar-refractivity contribution in [2.45, 2.75) is 33.6 Å². The molecule has 4 aromatic carbocycles. The normalized spacial score (nSPS) is 11.3. The monoisotopic (exact) mass is 653 g/mol. The number of nitrogens with one attached hydrogen (secondary N) is 1.